The molecule has 3 rings (SSSR count). The molecule has 0 amide bonds. The van der Waals surface area contributed by atoms with Crippen LogP contribution in [0.4, 0.5) is 10.1 Å². The number of anilines is 1. The first-order valence-corrected chi connectivity index (χ1v) is 6.71. The fourth-order valence-corrected chi connectivity index (χ4v) is 2.41. The van der Waals surface area contributed by atoms with Crippen LogP contribution < -0.4 is 4.90 Å². The molecule has 2 aromatic carbocycles. The maximum Gasteiger partial charge on any atom is 0.184 e. The van der Waals surface area contributed by atoms with Crippen LogP contribution in [0.2, 0.25) is 0 Å². The number of aromatic nitrogens is 1. The Bertz CT molecular complexity index is 794. The lowest BCUT2D eigenvalue weighted by Gasteiger charge is -2.18. The number of halogens is 1. The number of carbonyl (C=O) groups excluding carboxylic acids is 1. The Labute approximate surface area is 122 Å². The van der Waals surface area contributed by atoms with Gasteiger partial charge in [-0.15, -0.1) is 0 Å². The summed E-state index contributed by atoms with van der Waals surface area (Å²) in [6.45, 7) is 0.200. The van der Waals surface area contributed by atoms with E-state index in [1.165, 1.54) is 12.1 Å². The van der Waals surface area contributed by atoms with Gasteiger partial charge in [-0.25, -0.2) is 4.39 Å². The van der Waals surface area contributed by atoms with Crippen LogP contribution in [-0.2, 0) is 0 Å². The highest BCUT2D eigenvalue weighted by Gasteiger charge is 2.14. The number of benzene rings is 2. The number of nitrogens with zero attached hydrogens (tertiary/aromatic N) is 1. The third kappa shape index (κ3) is 2.65. The number of Topliss-reactive ketones (excluding diaryl/α,β-unsaturated/α-hetero) is 1. The van der Waals surface area contributed by atoms with Crippen molar-refractivity contribution in [2.45, 2.75) is 0 Å². The largest absolute Gasteiger partial charge is 0.367 e. The van der Waals surface area contributed by atoms with E-state index in [1.807, 2.05) is 24.3 Å². The van der Waals surface area contributed by atoms with E-state index >= 15 is 0 Å². The number of carbonyl (C=O) groups is 1. The van der Waals surface area contributed by atoms with Crippen LogP contribution in [0, 0.1) is 5.82 Å². The first-order chi connectivity index (χ1) is 10.1. The number of rotatable bonds is 4. The van der Waals surface area contributed by atoms with E-state index in [0.29, 0.717) is 11.3 Å². The molecule has 0 saturated carbocycles. The molecule has 0 spiro atoms. The summed E-state index contributed by atoms with van der Waals surface area (Å²) in [6, 6.07) is 13.9. The van der Waals surface area contributed by atoms with Crippen molar-refractivity contribution in [2.75, 3.05) is 18.5 Å². The van der Waals surface area contributed by atoms with Crippen LogP contribution in [0.3, 0.4) is 0 Å². The maximum atomic E-state index is 13.2. The van der Waals surface area contributed by atoms with Crippen LogP contribution >= 0.6 is 0 Å². The van der Waals surface area contributed by atoms with Crippen LogP contribution in [0.25, 0.3) is 10.9 Å². The highest BCUT2D eigenvalue weighted by atomic mass is 19.1. The van der Waals surface area contributed by atoms with E-state index in [1.54, 1.807) is 30.3 Å². The molecule has 1 N–H and O–H groups in total. The zero-order valence-corrected chi connectivity index (χ0v) is 11.6. The topological polar surface area (TPSA) is 36.1 Å². The molecular formula is C17H15FN2O. The molecule has 0 bridgehead atoms. The Kier molecular flexibility index (Phi) is 3.44. The van der Waals surface area contributed by atoms with Gasteiger partial charge in [0.05, 0.1) is 6.54 Å². The summed E-state index contributed by atoms with van der Waals surface area (Å²) >= 11 is 0. The summed E-state index contributed by atoms with van der Waals surface area (Å²) in [5, 5.41) is 0.912. The molecule has 1 aromatic heterocycles. The number of hydrogen-bond acceptors (Lipinski definition) is 2. The Hall–Kier alpha value is -2.62. The quantitative estimate of drug-likeness (QED) is 0.742. The average Bonchev–Trinajstić information content (AvgIpc) is 2.91. The number of H-pyrrole nitrogens is 1. The van der Waals surface area contributed by atoms with E-state index in [9.17, 15) is 9.18 Å². The van der Waals surface area contributed by atoms with Crippen LogP contribution in [0.1, 0.15) is 10.4 Å². The second kappa shape index (κ2) is 5.40. The monoisotopic (exact) mass is 282 g/mol. The van der Waals surface area contributed by atoms with Gasteiger partial charge in [0.15, 0.2) is 5.78 Å². The first kappa shape index (κ1) is 13.4. The Morgan fingerprint density at radius 3 is 2.81 bits per heavy atom. The van der Waals surface area contributed by atoms with Crippen molar-refractivity contribution in [3.8, 4) is 0 Å². The third-order valence-electron chi connectivity index (χ3n) is 3.52. The summed E-state index contributed by atoms with van der Waals surface area (Å²) in [7, 11) is 1.78. The summed E-state index contributed by atoms with van der Waals surface area (Å²) in [4.78, 5) is 17.3. The van der Waals surface area contributed by atoms with Crippen LogP contribution in [0.5, 0.6) is 0 Å². The highest BCUT2D eigenvalue weighted by Crippen LogP contribution is 2.20. The zero-order valence-electron chi connectivity index (χ0n) is 11.6. The van der Waals surface area contributed by atoms with Gasteiger partial charge in [-0.3, -0.25) is 4.79 Å². The number of para-hydroxylation sites is 1. The second-order valence-electron chi connectivity index (χ2n) is 5.01. The molecule has 0 radical (unpaired) electrons. The van der Waals surface area contributed by atoms with E-state index in [0.717, 1.165) is 10.9 Å². The van der Waals surface area contributed by atoms with Crippen molar-refractivity contribution in [3.05, 3.63) is 66.1 Å². The fourth-order valence-electron chi connectivity index (χ4n) is 2.41. The molecule has 0 aliphatic carbocycles. The number of hydrogen-bond donors (Lipinski definition) is 1. The minimum atomic E-state index is -0.307. The Balaban J connectivity index is 1.83. The lowest BCUT2D eigenvalue weighted by Crippen LogP contribution is -2.25. The fraction of sp³-hybridized carbons (Fsp3) is 0.118. The van der Waals surface area contributed by atoms with Crippen molar-refractivity contribution in [2.24, 2.45) is 0 Å². The van der Waals surface area contributed by atoms with Gasteiger partial charge in [-0.05, 0) is 24.3 Å². The molecule has 0 atom stereocenters. The Morgan fingerprint density at radius 2 is 2.00 bits per heavy atom. The van der Waals surface area contributed by atoms with Crippen molar-refractivity contribution < 1.29 is 9.18 Å². The molecule has 1 heterocycles. The normalized spacial score (nSPS) is 10.8. The molecule has 3 aromatic rings. The summed E-state index contributed by atoms with van der Waals surface area (Å²) in [5.74, 6) is -0.307. The summed E-state index contributed by atoms with van der Waals surface area (Å²) < 4.78 is 13.2. The summed E-state index contributed by atoms with van der Waals surface area (Å²) in [6.07, 6.45) is 1.73. The van der Waals surface area contributed by atoms with Crippen molar-refractivity contribution in [3.63, 3.8) is 0 Å². The third-order valence-corrected chi connectivity index (χ3v) is 3.52. The van der Waals surface area contributed by atoms with Gasteiger partial charge in [0.2, 0.25) is 0 Å². The SMILES string of the molecule is CN(CC(=O)c1c[nH]c2ccccc12)c1cccc(F)c1. The standard InChI is InChI=1S/C17H15FN2O/c1-20(13-6-4-5-12(18)9-13)11-17(21)15-10-19-16-8-3-2-7-14(15)16/h2-10,19H,11H2,1H3. The zero-order chi connectivity index (χ0) is 14.8. The highest BCUT2D eigenvalue weighted by molar-refractivity contribution is 6.09. The number of fused-ring (bicyclic) bond motifs is 1. The number of ketones is 1. The molecule has 0 saturated heterocycles. The first-order valence-electron chi connectivity index (χ1n) is 6.71. The van der Waals surface area contributed by atoms with Crippen LogP contribution in [-0.4, -0.2) is 24.4 Å². The van der Waals surface area contributed by atoms with E-state index in [2.05, 4.69) is 4.98 Å². The molecule has 21 heavy (non-hydrogen) atoms. The van der Waals surface area contributed by atoms with Crippen molar-refractivity contribution >= 4 is 22.4 Å². The maximum absolute atomic E-state index is 13.2. The molecule has 3 nitrogen and oxygen atoms in total. The number of nitrogens with one attached hydrogen (secondary N) is 1. The van der Waals surface area contributed by atoms with Crippen LogP contribution in [0.15, 0.2) is 54.7 Å². The lowest BCUT2D eigenvalue weighted by molar-refractivity contribution is 0.100. The molecule has 4 heteroatoms. The van der Waals surface area contributed by atoms with Gasteiger partial charge in [0.25, 0.3) is 0 Å². The minimum Gasteiger partial charge on any atom is -0.367 e. The van der Waals surface area contributed by atoms with Crippen molar-refractivity contribution in [1.29, 1.82) is 0 Å². The molecule has 0 aliphatic heterocycles. The molecule has 0 unspecified atom stereocenters. The van der Waals surface area contributed by atoms with E-state index in [4.69, 9.17) is 0 Å². The molecule has 106 valence electrons. The van der Waals surface area contributed by atoms with Gasteiger partial charge >= 0.3 is 0 Å². The van der Waals surface area contributed by atoms with Gasteiger partial charge in [0, 0.05) is 35.4 Å². The lowest BCUT2D eigenvalue weighted by atomic mass is 10.1. The number of aromatic amines is 1. The van der Waals surface area contributed by atoms with Gasteiger partial charge in [-0.2, -0.15) is 0 Å². The molecular weight excluding hydrogens is 267 g/mol. The van der Waals surface area contributed by atoms with Gasteiger partial charge in [0.1, 0.15) is 5.82 Å². The minimum absolute atomic E-state index is 0.000730. The molecule has 0 fully saturated rings. The summed E-state index contributed by atoms with van der Waals surface area (Å²) in [5.41, 5.74) is 2.28. The molecule has 0 aliphatic rings. The van der Waals surface area contributed by atoms with Gasteiger partial charge in [-0.1, -0.05) is 24.3 Å². The average molecular weight is 282 g/mol. The smallest absolute Gasteiger partial charge is 0.184 e. The van der Waals surface area contributed by atoms with Gasteiger partial charge < -0.3 is 9.88 Å². The van der Waals surface area contributed by atoms with E-state index < -0.39 is 0 Å². The second-order valence-corrected chi connectivity index (χ2v) is 5.01. The van der Waals surface area contributed by atoms with Crippen molar-refractivity contribution in [1.82, 2.24) is 4.98 Å². The Morgan fingerprint density at radius 1 is 1.19 bits per heavy atom. The predicted molar refractivity (Wildman–Crippen MR) is 82.3 cm³/mol. The van der Waals surface area contributed by atoms with E-state index in [-0.39, 0.29) is 18.1 Å². The number of likely N-dealkylation sites (N-methyl/N-ethyl adjacent to an activating group) is 1. The predicted octanol–water partition coefficient (Wildman–Crippen LogP) is 3.63.